The van der Waals surface area contributed by atoms with Gasteiger partial charge in [-0.15, -0.1) is 0 Å². The van der Waals surface area contributed by atoms with Crippen LogP contribution in [0.15, 0.2) is 47.4 Å². The highest BCUT2D eigenvalue weighted by molar-refractivity contribution is 7.89. The third kappa shape index (κ3) is 5.50. The molecule has 0 unspecified atom stereocenters. The summed E-state index contributed by atoms with van der Waals surface area (Å²) in [6.45, 7) is 1.38. The van der Waals surface area contributed by atoms with Gasteiger partial charge in [0, 0.05) is 19.0 Å². The molecule has 1 amide bonds. The number of hydrogen-bond donors (Lipinski definition) is 2. The molecule has 9 heteroatoms. The van der Waals surface area contributed by atoms with E-state index in [0.29, 0.717) is 35.3 Å². The van der Waals surface area contributed by atoms with Gasteiger partial charge in [-0.25, -0.2) is 13.1 Å². The minimum Gasteiger partial charge on any atom is -0.489 e. The van der Waals surface area contributed by atoms with Crippen LogP contribution in [0.4, 0.5) is 0 Å². The molecule has 2 aromatic rings. The summed E-state index contributed by atoms with van der Waals surface area (Å²) in [5.41, 5.74) is 1.50. The smallest absolute Gasteiger partial charge is 0.244 e. The number of benzene rings is 2. The molecule has 1 aliphatic rings. The van der Waals surface area contributed by atoms with Gasteiger partial charge in [0.2, 0.25) is 15.9 Å². The maximum absolute atomic E-state index is 12.1. The maximum Gasteiger partial charge on any atom is 0.244 e. The molecule has 0 atom stereocenters. The van der Waals surface area contributed by atoms with Gasteiger partial charge in [-0.3, -0.25) is 4.79 Å². The monoisotopic (exact) mass is 436 g/mol. The van der Waals surface area contributed by atoms with Gasteiger partial charge in [0.1, 0.15) is 0 Å². The SMILES string of the molecule is CNS(=O)(=O)c1ccc(/C=C/C(=O)NCc2cc(Cl)c3c(c2)OCCCO3)cc1. The zero-order valence-corrected chi connectivity index (χ0v) is 17.3. The summed E-state index contributed by atoms with van der Waals surface area (Å²) in [5, 5.41) is 3.22. The van der Waals surface area contributed by atoms with Gasteiger partial charge in [0.25, 0.3) is 0 Å². The van der Waals surface area contributed by atoms with Crippen LogP contribution in [-0.2, 0) is 21.4 Å². The van der Waals surface area contributed by atoms with Crippen LogP contribution in [-0.4, -0.2) is 34.6 Å². The summed E-state index contributed by atoms with van der Waals surface area (Å²) in [5.74, 6) is 0.814. The molecule has 0 radical (unpaired) electrons. The fourth-order valence-corrected chi connectivity index (χ4v) is 3.70. The van der Waals surface area contributed by atoms with Crippen LogP contribution in [0.5, 0.6) is 11.5 Å². The Hall–Kier alpha value is -2.55. The molecule has 0 fully saturated rings. The molecule has 0 aliphatic carbocycles. The van der Waals surface area contributed by atoms with E-state index in [1.54, 1.807) is 30.3 Å². The first-order valence-electron chi connectivity index (χ1n) is 8.96. The van der Waals surface area contributed by atoms with Gasteiger partial charge in [0.15, 0.2) is 11.5 Å². The lowest BCUT2D eigenvalue weighted by Gasteiger charge is -2.11. The normalized spacial score (nSPS) is 13.9. The number of amides is 1. The molecule has 0 saturated carbocycles. The predicted octanol–water partition coefficient (Wildman–Crippen LogP) is 2.74. The summed E-state index contributed by atoms with van der Waals surface area (Å²) in [7, 11) is -2.13. The Morgan fingerprint density at radius 2 is 1.90 bits per heavy atom. The Balaban J connectivity index is 1.60. The summed E-state index contributed by atoms with van der Waals surface area (Å²) in [6, 6.07) is 9.74. The fourth-order valence-electron chi connectivity index (χ4n) is 2.68. The number of fused-ring (bicyclic) bond motifs is 1. The quantitative estimate of drug-likeness (QED) is 0.679. The zero-order valence-electron chi connectivity index (χ0n) is 15.8. The molecule has 0 aromatic heterocycles. The number of nitrogens with one attached hydrogen (secondary N) is 2. The lowest BCUT2D eigenvalue weighted by Crippen LogP contribution is -2.20. The molecule has 0 saturated heterocycles. The topological polar surface area (TPSA) is 93.7 Å². The van der Waals surface area contributed by atoms with Crippen molar-refractivity contribution in [3.8, 4) is 11.5 Å². The van der Waals surface area contributed by atoms with Crippen LogP contribution in [0.3, 0.4) is 0 Å². The molecule has 0 spiro atoms. The molecule has 7 nitrogen and oxygen atoms in total. The highest BCUT2D eigenvalue weighted by Gasteiger charge is 2.15. The van der Waals surface area contributed by atoms with E-state index < -0.39 is 10.0 Å². The average Bonchev–Trinajstić information content (AvgIpc) is 2.97. The summed E-state index contributed by atoms with van der Waals surface area (Å²) >= 11 is 6.25. The molecule has 1 heterocycles. The van der Waals surface area contributed by atoms with Gasteiger partial charge >= 0.3 is 0 Å². The van der Waals surface area contributed by atoms with Crippen molar-refractivity contribution in [3.63, 3.8) is 0 Å². The predicted molar refractivity (Wildman–Crippen MR) is 111 cm³/mol. The molecule has 0 bridgehead atoms. The average molecular weight is 437 g/mol. The second-order valence-corrected chi connectivity index (χ2v) is 8.58. The van der Waals surface area contributed by atoms with E-state index in [4.69, 9.17) is 21.1 Å². The van der Waals surface area contributed by atoms with E-state index in [-0.39, 0.29) is 17.3 Å². The van der Waals surface area contributed by atoms with Gasteiger partial charge in [-0.2, -0.15) is 0 Å². The highest BCUT2D eigenvalue weighted by Crippen LogP contribution is 2.37. The maximum atomic E-state index is 12.1. The number of sulfonamides is 1. The first-order valence-corrected chi connectivity index (χ1v) is 10.8. The Labute approximate surface area is 174 Å². The van der Waals surface area contributed by atoms with Crippen molar-refractivity contribution >= 4 is 33.6 Å². The van der Waals surface area contributed by atoms with Crippen molar-refractivity contribution in [2.75, 3.05) is 20.3 Å². The first kappa shape index (κ1) is 21.2. The van der Waals surface area contributed by atoms with Crippen molar-refractivity contribution in [2.45, 2.75) is 17.9 Å². The number of hydrogen-bond acceptors (Lipinski definition) is 5. The number of carbonyl (C=O) groups excluding carboxylic acids is 1. The Kier molecular flexibility index (Phi) is 6.79. The molecule has 3 rings (SSSR count). The van der Waals surface area contributed by atoms with Crippen LogP contribution in [0.1, 0.15) is 17.5 Å². The molecule has 2 aromatic carbocycles. The molecule has 2 N–H and O–H groups in total. The lowest BCUT2D eigenvalue weighted by atomic mass is 10.2. The van der Waals surface area contributed by atoms with E-state index in [1.165, 1.54) is 25.3 Å². The standard InChI is InChI=1S/C20H21ClN2O5S/c1-22-29(25,26)16-6-3-14(4-7-16)5-8-19(24)23-13-15-11-17(21)20-18(12-15)27-9-2-10-28-20/h3-8,11-12,22H,2,9-10,13H2,1H3,(H,23,24)/b8-5+. The van der Waals surface area contributed by atoms with Gasteiger partial charge < -0.3 is 14.8 Å². The van der Waals surface area contributed by atoms with E-state index in [1.807, 2.05) is 0 Å². The van der Waals surface area contributed by atoms with Gasteiger partial charge in [-0.1, -0.05) is 23.7 Å². The number of ether oxygens (including phenoxy) is 2. The van der Waals surface area contributed by atoms with E-state index in [2.05, 4.69) is 10.0 Å². The third-order valence-electron chi connectivity index (χ3n) is 4.21. The third-order valence-corrected chi connectivity index (χ3v) is 5.93. The van der Waals surface area contributed by atoms with Crippen molar-refractivity contribution in [1.29, 1.82) is 0 Å². The van der Waals surface area contributed by atoms with E-state index in [9.17, 15) is 13.2 Å². The van der Waals surface area contributed by atoms with Crippen molar-refractivity contribution in [2.24, 2.45) is 0 Å². The summed E-state index contributed by atoms with van der Waals surface area (Å²) in [6.07, 6.45) is 3.77. The zero-order chi connectivity index (χ0) is 20.9. The van der Waals surface area contributed by atoms with Crippen LogP contribution >= 0.6 is 11.6 Å². The molecule has 1 aliphatic heterocycles. The van der Waals surface area contributed by atoms with Crippen LogP contribution in [0, 0.1) is 0 Å². The Bertz CT molecular complexity index is 1020. The van der Waals surface area contributed by atoms with Crippen molar-refractivity contribution < 1.29 is 22.7 Å². The molecular formula is C20H21ClN2O5S. The van der Waals surface area contributed by atoms with Gasteiger partial charge in [0.05, 0.1) is 23.1 Å². The number of rotatable bonds is 6. The van der Waals surface area contributed by atoms with Crippen LogP contribution in [0.2, 0.25) is 5.02 Å². The van der Waals surface area contributed by atoms with Crippen molar-refractivity contribution in [1.82, 2.24) is 10.0 Å². The summed E-state index contributed by atoms with van der Waals surface area (Å²) in [4.78, 5) is 12.3. The van der Waals surface area contributed by atoms with E-state index in [0.717, 1.165) is 12.0 Å². The van der Waals surface area contributed by atoms with Crippen LogP contribution in [0.25, 0.3) is 6.08 Å². The fraction of sp³-hybridized carbons (Fsp3) is 0.250. The minimum absolute atomic E-state index is 0.160. The van der Waals surface area contributed by atoms with E-state index >= 15 is 0 Å². The molecule has 154 valence electrons. The second kappa shape index (κ2) is 9.30. The number of carbonyl (C=O) groups is 1. The van der Waals surface area contributed by atoms with Gasteiger partial charge in [-0.05, 0) is 48.5 Å². The Morgan fingerprint density at radius 3 is 2.62 bits per heavy atom. The second-order valence-electron chi connectivity index (χ2n) is 6.28. The molecule has 29 heavy (non-hydrogen) atoms. The largest absolute Gasteiger partial charge is 0.489 e. The minimum atomic E-state index is -3.48. The first-order chi connectivity index (χ1) is 13.9. The lowest BCUT2D eigenvalue weighted by molar-refractivity contribution is -0.116. The van der Waals surface area contributed by atoms with Crippen molar-refractivity contribution in [3.05, 3.63) is 58.6 Å². The van der Waals surface area contributed by atoms with Crippen LogP contribution < -0.4 is 19.5 Å². The summed E-state index contributed by atoms with van der Waals surface area (Å²) < 4.78 is 36.9. The highest BCUT2D eigenvalue weighted by atomic mass is 35.5. The molecular weight excluding hydrogens is 416 g/mol. The Morgan fingerprint density at radius 1 is 1.17 bits per heavy atom. The number of halogens is 1.